The second-order valence-corrected chi connectivity index (χ2v) is 15.9. The van der Waals surface area contributed by atoms with Gasteiger partial charge in [0.25, 0.3) is 10.1 Å². The fourth-order valence-electron chi connectivity index (χ4n) is 5.96. The number of rotatable bonds is 18. The zero-order valence-corrected chi connectivity index (χ0v) is 40.7. The molecule has 0 spiro atoms. The van der Waals surface area contributed by atoms with E-state index < -0.39 is 70.2 Å². The Kier molecular flexibility index (Phi) is 18.9. The second kappa shape index (κ2) is 23.4. The Hall–Kier alpha value is -5.32. The molecule has 0 saturated heterocycles. The van der Waals surface area contributed by atoms with Crippen molar-refractivity contribution >= 4 is 82.2 Å². The summed E-state index contributed by atoms with van der Waals surface area (Å²) in [4.78, 5) is -2.12. The molecule has 6 rings (SSSR count). The average Bonchev–Trinajstić information content (AvgIpc) is 3.26. The summed E-state index contributed by atoms with van der Waals surface area (Å²) >= 11 is 0. The summed E-state index contributed by atoms with van der Waals surface area (Å²) in [5.74, 6) is -0.792. The van der Waals surface area contributed by atoms with Gasteiger partial charge in [0, 0.05) is 11.5 Å². The van der Waals surface area contributed by atoms with Crippen LogP contribution in [0.5, 0.6) is 23.0 Å². The van der Waals surface area contributed by atoms with E-state index in [2.05, 4.69) is 30.7 Å². The molecular weight excluding hydrogens is 925 g/mol. The Morgan fingerprint density at radius 1 is 0.561 bits per heavy atom. The number of fused-ring (bicyclic) bond motifs is 1. The zero-order valence-electron chi connectivity index (χ0n) is 35.1. The molecular formula is C40H37N9Na2O13S2. The first kappa shape index (κ1) is 53.3. The van der Waals surface area contributed by atoms with Gasteiger partial charge in [-0.25, -0.2) is 8.42 Å². The van der Waals surface area contributed by atoms with Crippen LogP contribution in [0.25, 0.3) is 21.9 Å². The number of hydrogen-bond donors (Lipinski definition) is 7. The van der Waals surface area contributed by atoms with Gasteiger partial charge in [0.1, 0.15) is 74.8 Å². The van der Waals surface area contributed by atoms with Gasteiger partial charge in [0.2, 0.25) is 0 Å². The van der Waals surface area contributed by atoms with E-state index >= 15 is 0 Å². The largest absolute Gasteiger partial charge is 1.00 e. The summed E-state index contributed by atoms with van der Waals surface area (Å²) in [7, 11) is -10.6. The summed E-state index contributed by atoms with van der Waals surface area (Å²) in [6.07, 6.45) is 0. The number of ether oxygens (including phenoxy) is 3. The normalized spacial score (nSPS) is 11.8. The third kappa shape index (κ3) is 12.8. The van der Waals surface area contributed by atoms with Crippen LogP contribution in [0.4, 0.5) is 51.2 Å². The number of aliphatic hydroxyl groups is 3. The van der Waals surface area contributed by atoms with Gasteiger partial charge in [0.15, 0.2) is 0 Å². The van der Waals surface area contributed by atoms with E-state index in [4.69, 9.17) is 36.5 Å². The maximum absolute atomic E-state index is 13.8. The number of aliphatic hydroxyl groups excluding tert-OH is 3. The van der Waals surface area contributed by atoms with Crippen molar-refractivity contribution in [1.82, 2.24) is 0 Å². The Bertz CT molecular complexity index is 3040. The van der Waals surface area contributed by atoms with Crippen LogP contribution in [0.1, 0.15) is 0 Å². The molecule has 0 aromatic heterocycles. The first-order chi connectivity index (χ1) is 30.5. The number of nitrogen functional groups attached to an aromatic ring is 3. The van der Waals surface area contributed by atoms with Crippen molar-refractivity contribution in [2.45, 2.75) is 9.79 Å². The van der Waals surface area contributed by atoms with Gasteiger partial charge in [-0.3, -0.25) is 4.55 Å². The molecule has 26 heteroatoms. The van der Waals surface area contributed by atoms with Crippen molar-refractivity contribution in [2.24, 2.45) is 30.7 Å². The summed E-state index contributed by atoms with van der Waals surface area (Å²) in [6.45, 7) is -1.41. The van der Waals surface area contributed by atoms with Crippen molar-refractivity contribution in [3.8, 4) is 34.1 Å². The van der Waals surface area contributed by atoms with Crippen molar-refractivity contribution in [2.75, 3.05) is 56.8 Å². The average molecular weight is 962 g/mol. The Labute approximate surface area is 420 Å². The van der Waals surface area contributed by atoms with Gasteiger partial charge in [-0.05, 0) is 71.1 Å². The predicted molar refractivity (Wildman–Crippen MR) is 229 cm³/mol. The smallest absolute Gasteiger partial charge is 0.870 e. The molecule has 6 aromatic rings. The van der Waals surface area contributed by atoms with Gasteiger partial charge < -0.3 is 56.4 Å². The fraction of sp³-hybridized carbons (Fsp3) is 0.150. The van der Waals surface area contributed by atoms with Gasteiger partial charge in [-0.1, -0.05) is 36.1 Å². The minimum Gasteiger partial charge on any atom is -0.870 e. The quantitative estimate of drug-likeness (QED) is 0.0255. The number of nitrogens with zero attached hydrogens (tertiary/aromatic N) is 6. The molecule has 22 nitrogen and oxygen atoms in total. The molecule has 0 unspecified atom stereocenters. The van der Waals surface area contributed by atoms with E-state index in [1.807, 2.05) is 0 Å². The fourth-order valence-corrected chi connectivity index (χ4v) is 7.27. The van der Waals surface area contributed by atoms with Gasteiger partial charge in [-0.2, -0.15) is 13.5 Å². The van der Waals surface area contributed by atoms with Gasteiger partial charge in [0.05, 0.1) is 53.2 Å². The summed E-state index contributed by atoms with van der Waals surface area (Å²) < 4.78 is 89.3. The molecule has 0 fully saturated rings. The molecule has 0 atom stereocenters. The number of hydrogen-bond acceptors (Lipinski definition) is 21. The number of anilines is 3. The molecule has 0 aliphatic heterocycles. The molecule has 0 aliphatic rings. The molecule has 0 amide bonds. The van der Waals surface area contributed by atoms with Crippen LogP contribution in [0, 0.1) is 0 Å². The Morgan fingerprint density at radius 2 is 1.06 bits per heavy atom. The van der Waals surface area contributed by atoms with Crippen LogP contribution in [-0.2, 0) is 20.2 Å². The standard InChI is InChI=1S/C40H39N9O13S2.2Na/c41-26-20-27(42)31(60-13-10-50)21-30(26)47-45-28-8-6-22(16-32(28)61-14-11-51)23-7-9-29(33(17-23)62-15-12-52)46-48-38-34(63(54,55)56)18-24-19-35(64(57,58)59)39(40(53)36(24)37(38)43)49-44-25-4-2-1-3-5-25;;/h1-9,16-21,50-53H,10-15,41-43H2,(H,54,55,56)(H,57,58,59);;/q;2*+1/p-2. The van der Waals surface area contributed by atoms with E-state index in [0.29, 0.717) is 17.2 Å². The second-order valence-electron chi connectivity index (χ2n) is 13.2. The van der Waals surface area contributed by atoms with Gasteiger partial charge in [-0.15, -0.1) is 25.6 Å². The molecule has 0 bridgehead atoms. The summed E-state index contributed by atoms with van der Waals surface area (Å²) in [5.41, 5.74) is 18.0. The SMILES string of the molecule is Nc1cc(N)c(OCCO)cc1N=Nc1ccc(-c2ccc(N=Nc3c(S(=O)(=O)[O-])cc4cc(S(=O)(=O)O)c(N=Nc5ccccc5)c([O-])c4c3N)c(OCCO)c2)cc1OCCO.[Na+].[Na+]. The van der Waals surface area contributed by atoms with Crippen molar-refractivity contribution in [3.63, 3.8) is 0 Å². The number of nitrogens with two attached hydrogens (primary N) is 3. The van der Waals surface area contributed by atoms with Crippen molar-refractivity contribution < 1.29 is 120 Å². The predicted octanol–water partition coefficient (Wildman–Crippen LogP) is -0.155. The molecule has 0 aliphatic carbocycles. The first-order valence-electron chi connectivity index (χ1n) is 18.6. The Balaban J connectivity index is 0.00000476. The molecule has 0 saturated carbocycles. The van der Waals surface area contributed by atoms with Crippen LogP contribution < -0.4 is 95.6 Å². The summed E-state index contributed by atoms with van der Waals surface area (Å²) in [6, 6.07) is 21.4. The van der Waals surface area contributed by atoms with Crippen molar-refractivity contribution in [1.29, 1.82) is 0 Å². The number of azo groups is 3. The maximum Gasteiger partial charge on any atom is 1.00 e. The van der Waals surface area contributed by atoms with E-state index in [0.717, 1.165) is 6.07 Å². The van der Waals surface area contributed by atoms with Crippen molar-refractivity contribution in [3.05, 3.63) is 91.0 Å². The third-order valence-corrected chi connectivity index (χ3v) is 10.6. The minimum atomic E-state index is -5.45. The first-order valence-corrected chi connectivity index (χ1v) is 21.4. The minimum absolute atomic E-state index is 0. The molecule has 0 radical (unpaired) electrons. The van der Waals surface area contributed by atoms with E-state index in [-0.39, 0.29) is 144 Å². The van der Waals surface area contributed by atoms with Gasteiger partial charge >= 0.3 is 59.1 Å². The molecule has 6 aromatic carbocycles. The van der Waals surface area contributed by atoms with Crippen LogP contribution in [-0.4, -0.2) is 80.9 Å². The van der Waals surface area contributed by atoms with E-state index in [9.17, 15) is 41.3 Å². The molecule has 0 heterocycles. The molecule has 10 N–H and O–H groups in total. The Morgan fingerprint density at radius 3 is 1.59 bits per heavy atom. The van der Waals surface area contributed by atoms with E-state index in [1.54, 1.807) is 42.5 Å². The van der Waals surface area contributed by atoms with Crippen LogP contribution in [0.3, 0.4) is 0 Å². The number of benzene rings is 6. The van der Waals surface area contributed by atoms with Crippen LogP contribution in [0.2, 0.25) is 0 Å². The summed E-state index contributed by atoms with van der Waals surface area (Å²) in [5, 5.41) is 65.2. The monoisotopic (exact) mass is 961 g/mol. The van der Waals surface area contributed by atoms with Crippen LogP contribution >= 0.6 is 0 Å². The third-order valence-electron chi connectivity index (χ3n) is 8.85. The zero-order chi connectivity index (χ0) is 46.2. The topological polar surface area (TPSA) is 375 Å². The molecule has 66 heavy (non-hydrogen) atoms. The maximum atomic E-state index is 13.8. The molecule has 334 valence electrons. The van der Waals surface area contributed by atoms with Crippen LogP contribution in [0.15, 0.2) is 131 Å². The van der Waals surface area contributed by atoms with E-state index in [1.165, 1.54) is 36.4 Å².